The van der Waals surface area contributed by atoms with Crippen LogP contribution in [0.1, 0.15) is 10.6 Å². The average Bonchev–Trinajstić information content (AvgIpc) is 3.05. The summed E-state index contributed by atoms with van der Waals surface area (Å²) >= 11 is 1.58. The molecule has 0 N–H and O–H groups in total. The van der Waals surface area contributed by atoms with E-state index in [9.17, 15) is 4.79 Å². The maximum absolute atomic E-state index is 11.4. The molecule has 0 aliphatic heterocycles. The smallest absolute Gasteiger partial charge is 0.378 e. The second-order valence-electron chi connectivity index (χ2n) is 3.45. The molecule has 0 bridgehead atoms. The molecule has 3 rings (SSSR count). The van der Waals surface area contributed by atoms with Crippen LogP contribution in [-0.2, 0) is 4.74 Å². The fraction of sp³-hybridized carbons (Fsp3) is 0.0909. The summed E-state index contributed by atoms with van der Waals surface area (Å²) in [4.78, 5) is 20.5. The molecule has 0 unspecified atom stereocenters. The standard InChI is InChI=1S/C11H8N4O2S/c1-17-10(16)9-13-11-12-5-4-7(15(11)14-9)8-3-2-6-18-8/h2-6H,1H3. The highest BCUT2D eigenvalue weighted by Gasteiger charge is 2.16. The lowest BCUT2D eigenvalue weighted by Crippen LogP contribution is -2.04. The SMILES string of the molecule is COC(=O)c1nc2nccc(-c3cccs3)n2n1. The molecule has 0 saturated heterocycles. The molecule has 6 nitrogen and oxygen atoms in total. The van der Waals surface area contributed by atoms with Crippen LogP contribution in [0.2, 0.25) is 0 Å². The zero-order chi connectivity index (χ0) is 12.5. The lowest BCUT2D eigenvalue weighted by molar-refractivity contribution is 0.0587. The third-order valence-corrected chi connectivity index (χ3v) is 3.27. The van der Waals surface area contributed by atoms with Crippen LogP contribution in [0.25, 0.3) is 16.3 Å². The predicted molar refractivity (Wildman–Crippen MR) is 65.4 cm³/mol. The Bertz CT molecular complexity index is 705. The first kappa shape index (κ1) is 10.8. The van der Waals surface area contributed by atoms with Gasteiger partial charge in [0.05, 0.1) is 17.7 Å². The van der Waals surface area contributed by atoms with E-state index in [0.29, 0.717) is 5.78 Å². The Morgan fingerprint density at radius 1 is 1.44 bits per heavy atom. The minimum absolute atomic E-state index is 0.00834. The van der Waals surface area contributed by atoms with Crippen LogP contribution < -0.4 is 0 Å². The molecule has 0 atom stereocenters. The maximum atomic E-state index is 11.4. The van der Waals surface area contributed by atoms with Crippen molar-refractivity contribution in [3.05, 3.63) is 35.6 Å². The summed E-state index contributed by atoms with van der Waals surface area (Å²) < 4.78 is 6.13. The number of esters is 1. The van der Waals surface area contributed by atoms with E-state index >= 15 is 0 Å². The Balaban J connectivity index is 2.22. The molecule has 0 saturated carbocycles. The van der Waals surface area contributed by atoms with Gasteiger partial charge in [0.1, 0.15) is 0 Å². The Morgan fingerprint density at radius 3 is 3.06 bits per heavy atom. The Kier molecular flexibility index (Phi) is 2.52. The first-order valence-electron chi connectivity index (χ1n) is 5.13. The number of fused-ring (bicyclic) bond motifs is 1. The summed E-state index contributed by atoms with van der Waals surface area (Å²) in [6, 6.07) is 5.75. The van der Waals surface area contributed by atoms with Crippen molar-refractivity contribution < 1.29 is 9.53 Å². The highest BCUT2D eigenvalue weighted by molar-refractivity contribution is 7.13. The normalized spacial score (nSPS) is 10.7. The average molecular weight is 260 g/mol. The van der Waals surface area contributed by atoms with Crippen LogP contribution >= 0.6 is 11.3 Å². The largest absolute Gasteiger partial charge is 0.463 e. The highest BCUT2D eigenvalue weighted by atomic mass is 32.1. The summed E-state index contributed by atoms with van der Waals surface area (Å²) in [6.07, 6.45) is 1.64. The first-order chi connectivity index (χ1) is 8.79. The van der Waals surface area contributed by atoms with Crippen LogP contribution in [-0.4, -0.2) is 32.7 Å². The van der Waals surface area contributed by atoms with Gasteiger partial charge in [-0.15, -0.1) is 16.4 Å². The van der Waals surface area contributed by atoms with E-state index in [1.54, 1.807) is 17.5 Å². The third-order valence-electron chi connectivity index (χ3n) is 2.38. The summed E-state index contributed by atoms with van der Waals surface area (Å²) in [6.45, 7) is 0. The van der Waals surface area contributed by atoms with Crippen molar-refractivity contribution in [2.45, 2.75) is 0 Å². The van der Waals surface area contributed by atoms with Crippen LogP contribution in [0.5, 0.6) is 0 Å². The number of carbonyl (C=O) groups excluding carboxylic acids is 1. The molecule has 90 valence electrons. The number of ether oxygens (including phenoxy) is 1. The van der Waals surface area contributed by atoms with Gasteiger partial charge in [0, 0.05) is 6.20 Å². The second kappa shape index (κ2) is 4.19. The molecular weight excluding hydrogens is 252 g/mol. The fourth-order valence-electron chi connectivity index (χ4n) is 1.58. The van der Waals surface area contributed by atoms with Crippen LogP contribution in [0.15, 0.2) is 29.8 Å². The van der Waals surface area contributed by atoms with Gasteiger partial charge in [-0.25, -0.2) is 9.78 Å². The molecule has 0 spiro atoms. The van der Waals surface area contributed by atoms with E-state index in [1.807, 2.05) is 23.6 Å². The molecule has 0 fully saturated rings. The zero-order valence-corrected chi connectivity index (χ0v) is 10.2. The van der Waals surface area contributed by atoms with Gasteiger partial charge in [-0.3, -0.25) is 0 Å². The molecule has 7 heteroatoms. The molecule has 0 aliphatic rings. The van der Waals surface area contributed by atoms with Gasteiger partial charge in [0.25, 0.3) is 11.6 Å². The van der Waals surface area contributed by atoms with Crippen LogP contribution in [0.3, 0.4) is 0 Å². The van der Waals surface area contributed by atoms with Gasteiger partial charge in [0.15, 0.2) is 0 Å². The third kappa shape index (κ3) is 1.65. The summed E-state index contributed by atoms with van der Waals surface area (Å²) in [5, 5.41) is 6.09. The molecule has 0 aliphatic carbocycles. The number of rotatable bonds is 2. The van der Waals surface area contributed by atoms with E-state index in [-0.39, 0.29) is 5.82 Å². The molecule has 0 amide bonds. The minimum atomic E-state index is -0.572. The van der Waals surface area contributed by atoms with E-state index < -0.39 is 5.97 Å². The topological polar surface area (TPSA) is 69.4 Å². The molecular formula is C11H8N4O2S. The van der Waals surface area contributed by atoms with Crippen LogP contribution in [0.4, 0.5) is 0 Å². The number of hydrogen-bond donors (Lipinski definition) is 0. The quantitative estimate of drug-likeness (QED) is 0.655. The maximum Gasteiger partial charge on any atom is 0.378 e. The number of carbonyl (C=O) groups is 1. The molecule has 0 aromatic carbocycles. The molecule has 3 aromatic heterocycles. The lowest BCUT2D eigenvalue weighted by atomic mass is 10.3. The predicted octanol–water partition coefficient (Wildman–Crippen LogP) is 1.64. The number of hydrogen-bond acceptors (Lipinski definition) is 6. The van der Waals surface area contributed by atoms with Gasteiger partial charge >= 0.3 is 5.97 Å². The van der Waals surface area contributed by atoms with Gasteiger partial charge < -0.3 is 4.74 Å². The van der Waals surface area contributed by atoms with Gasteiger partial charge in [-0.05, 0) is 17.5 Å². The van der Waals surface area contributed by atoms with Crippen molar-refractivity contribution in [1.82, 2.24) is 19.6 Å². The summed E-state index contributed by atoms with van der Waals surface area (Å²) in [7, 11) is 1.29. The Morgan fingerprint density at radius 2 is 2.33 bits per heavy atom. The van der Waals surface area contributed by atoms with E-state index in [1.165, 1.54) is 11.6 Å². The summed E-state index contributed by atoms with van der Waals surface area (Å²) in [5.74, 6) is -0.187. The fourth-order valence-corrected chi connectivity index (χ4v) is 2.32. The van der Waals surface area contributed by atoms with E-state index in [0.717, 1.165) is 10.6 Å². The Labute approximate surface area is 106 Å². The van der Waals surface area contributed by atoms with Crippen molar-refractivity contribution in [3.63, 3.8) is 0 Å². The van der Waals surface area contributed by atoms with E-state index in [2.05, 4.69) is 19.8 Å². The number of aromatic nitrogens is 4. The first-order valence-corrected chi connectivity index (χ1v) is 6.01. The molecule has 0 radical (unpaired) electrons. The zero-order valence-electron chi connectivity index (χ0n) is 9.40. The number of thiophene rings is 1. The van der Waals surface area contributed by atoms with E-state index in [4.69, 9.17) is 0 Å². The summed E-state index contributed by atoms with van der Waals surface area (Å²) in [5.41, 5.74) is 0.845. The highest BCUT2D eigenvalue weighted by Crippen LogP contribution is 2.23. The number of nitrogens with zero attached hydrogens (tertiary/aromatic N) is 4. The molecule has 3 aromatic rings. The molecule has 3 heterocycles. The molecule has 18 heavy (non-hydrogen) atoms. The number of methoxy groups -OCH3 is 1. The monoisotopic (exact) mass is 260 g/mol. The second-order valence-corrected chi connectivity index (χ2v) is 4.39. The van der Waals surface area contributed by atoms with Crippen molar-refractivity contribution in [1.29, 1.82) is 0 Å². The van der Waals surface area contributed by atoms with Crippen molar-refractivity contribution in [2.75, 3.05) is 7.11 Å². The van der Waals surface area contributed by atoms with Gasteiger partial charge in [-0.1, -0.05) is 6.07 Å². The van der Waals surface area contributed by atoms with Crippen molar-refractivity contribution in [2.24, 2.45) is 0 Å². The van der Waals surface area contributed by atoms with Crippen molar-refractivity contribution in [3.8, 4) is 10.6 Å². The van der Waals surface area contributed by atoms with Gasteiger partial charge in [-0.2, -0.15) is 9.50 Å². The minimum Gasteiger partial charge on any atom is -0.463 e. The van der Waals surface area contributed by atoms with Gasteiger partial charge in [0.2, 0.25) is 0 Å². The Hall–Kier alpha value is -2.28. The van der Waals surface area contributed by atoms with Crippen LogP contribution in [0, 0.1) is 0 Å². The van der Waals surface area contributed by atoms with Crippen molar-refractivity contribution >= 4 is 23.1 Å². The lowest BCUT2D eigenvalue weighted by Gasteiger charge is -1.98.